The van der Waals surface area contributed by atoms with Gasteiger partial charge >= 0.3 is 0 Å². The summed E-state index contributed by atoms with van der Waals surface area (Å²) < 4.78 is 7.85. The molecule has 2 nitrogen and oxygen atoms in total. The molecule has 0 atom stereocenters. The van der Waals surface area contributed by atoms with Gasteiger partial charge in [-0.05, 0) is 17.4 Å². The molecule has 0 aromatic heterocycles. The summed E-state index contributed by atoms with van der Waals surface area (Å²) >= 11 is 0. The normalized spacial score (nSPS) is 10.6. The average molecular weight is 416 g/mol. The van der Waals surface area contributed by atoms with Crippen LogP contribution in [0.2, 0.25) is 0 Å². The van der Waals surface area contributed by atoms with Crippen molar-refractivity contribution in [1.29, 1.82) is 0 Å². The number of nitrogens with one attached hydrogen (secondary N) is 1. The maximum absolute atomic E-state index is 4.46. The van der Waals surface area contributed by atoms with Crippen molar-refractivity contribution >= 4 is 22.0 Å². The van der Waals surface area contributed by atoms with Crippen molar-refractivity contribution in [3.63, 3.8) is 0 Å². The van der Waals surface area contributed by atoms with Gasteiger partial charge in [0.2, 0.25) is 0 Å². The summed E-state index contributed by atoms with van der Waals surface area (Å²) in [5, 5.41) is 0. The minimum Gasteiger partial charge on any atom is -0.595 e. The number of unbranched alkanes of at least 4 members (excludes halogenated alkanes) is 10. The summed E-state index contributed by atoms with van der Waals surface area (Å²) in [6, 6.07) is 0. The van der Waals surface area contributed by atoms with Crippen LogP contribution in [0.4, 0.5) is 0 Å². The van der Waals surface area contributed by atoms with E-state index in [0.717, 1.165) is 13.1 Å². The van der Waals surface area contributed by atoms with Crippen molar-refractivity contribution < 1.29 is 21.1 Å². The van der Waals surface area contributed by atoms with Crippen LogP contribution in [-0.2, 0) is 21.1 Å². The zero-order valence-corrected chi connectivity index (χ0v) is 17.7. The van der Waals surface area contributed by atoms with Crippen LogP contribution in [0.5, 0.6) is 0 Å². The fraction of sp³-hybridized carbons (Fsp3) is 1.00. The first-order chi connectivity index (χ1) is 9.91. The van der Waals surface area contributed by atoms with Gasteiger partial charge in [0.15, 0.2) is 0 Å². The molecule has 0 aliphatic rings. The van der Waals surface area contributed by atoms with Crippen molar-refractivity contribution in [2.75, 3.05) is 13.1 Å². The molecule has 0 aromatic rings. The maximum Gasteiger partial charge on any atom is 0.00658 e. The molecule has 0 saturated heterocycles. The smallest absolute Gasteiger partial charge is 0.00658 e. The molecule has 0 spiro atoms. The predicted molar refractivity (Wildman–Crippen MR) is 98.2 cm³/mol. The van der Waals surface area contributed by atoms with Gasteiger partial charge in [0.1, 0.15) is 0 Å². The third-order valence-corrected chi connectivity index (χ3v) is 4.96. The van der Waals surface area contributed by atoms with Crippen LogP contribution in [0.1, 0.15) is 90.9 Å². The molecule has 0 aromatic carbocycles. The molecule has 21 heavy (non-hydrogen) atoms. The molecule has 5 heteroatoms. The summed E-state index contributed by atoms with van der Waals surface area (Å²) in [6.07, 6.45) is 16.3. The molecule has 0 rings (SSSR count). The van der Waals surface area contributed by atoms with E-state index in [0.29, 0.717) is 0 Å². The van der Waals surface area contributed by atoms with E-state index in [-0.39, 0.29) is 21.1 Å². The van der Waals surface area contributed by atoms with Gasteiger partial charge in [0.05, 0.1) is 0 Å². The van der Waals surface area contributed by atoms with Crippen LogP contribution in [0.15, 0.2) is 0 Å². The van der Waals surface area contributed by atoms with Gasteiger partial charge in [-0.25, -0.2) is 11.0 Å². The van der Waals surface area contributed by atoms with E-state index < -0.39 is 0 Å². The van der Waals surface area contributed by atoms with Gasteiger partial charge in [-0.3, -0.25) is 4.72 Å². The zero-order chi connectivity index (χ0) is 14.7. The van der Waals surface area contributed by atoms with Crippen LogP contribution >= 0.6 is 22.0 Å². The van der Waals surface area contributed by atoms with Gasteiger partial charge in [-0.1, -0.05) is 84.5 Å². The Morgan fingerprint density at radius 2 is 1.24 bits per heavy atom. The van der Waals surface area contributed by atoms with Crippen molar-refractivity contribution in [3.8, 4) is 0 Å². The van der Waals surface area contributed by atoms with Gasteiger partial charge in [-0.2, -0.15) is 0 Å². The van der Waals surface area contributed by atoms with E-state index in [1.807, 2.05) is 0 Å². The van der Waals surface area contributed by atoms with Crippen LogP contribution in [-0.4, -0.2) is 13.1 Å². The van der Waals surface area contributed by atoms with Gasteiger partial charge in [0.25, 0.3) is 0 Å². The van der Waals surface area contributed by atoms with Crippen LogP contribution in [0.3, 0.4) is 0 Å². The molecule has 0 heterocycles. The van der Waals surface area contributed by atoms with E-state index >= 15 is 0 Å². The molecule has 0 amide bonds. The Morgan fingerprint density at radius 1 is 0.714 bits per heavy atom. The summed E-state index contributed by atoms with van der Waals surface area (Å²) in [5.41, 5.74) is 0. The molecule has 0 aliphatic heterocycles. The average Bonchev–Trinajstić information content (AvgIpc) is 2.47. The molecule has 1 N–H and O–H groups in total. The van der Waals surface area contributed by atoms with E-state index in [2.05, 4.69) is 23.3 Å². The molecular weight excluding hydrogens is 380 g/mol. The minimum atomic E-state index is 0. The van der Waals surface area contributed by atoms with Gasteiger partial charge in [0, 0.05) is 27.6 Å². The van der Waals surface area contributed by atoms with Crippen LogP contribution in [0.25, 0.3) is 4.72 Å². The van der Waals surface area contributed by atoms with E-state index in [9.17, 15) is 0 Å². The number of nitrogens with zero attached hydrogens (tertiary/aromatic N) is 1. The van der Waals surface area contributed by atoms with Crippen LogP contribution in [0, 0.1) is 0 Å². The van der Waals surface area contributed by atoms with E-state index in [1.165, 1.54) is 77.0 Å². The number of rotatable bonds is 17. The summed E-state index contributed by atoms with van der Waals surface area (Å²) in [4.78, 5) is 0. The maximum atomic E-state index is 4.46. The fourth-order valence-electron chi connectivity index (χ4n) is 2.07. The van der Waals surface area contributed by atoms with Crippen molar-refractivity contribution in [2.24, 2.45) is 0 Å². The Labute approximate surface area is 156 Å². The van der Waals surface area contributed by atoms with Gasteiger partial charge in [-0.15, -0.1) is 6.54 Å². The van der Waals surface area contributed by atoms with Crippen LogP contribution < -0.4 is 4.72 Å². The third-order valence-electron chi connectivity index (χ3n) is 3.38. The largest absolute Gasteiger partial charge is 0.595 e. The predicted octanol–water partition coefficient (Wildman–Crippen LogP) is 6.88. The number of hydrogen-bond acceptors (Lipinski definition) is 3. The Bertz CT molecular complexity index is 156. The molecule has 0 saturated carbocycles. The van der Waals surface area contributed by atoms with E-state index in [4.69, 9.17) is 0 Å². The first-order valence-corrected chi connectivity index (χ1v) is 10.7. The summed E-state index contributed by atoms with van der Waals surface area (Å²) in [5.74, 6) is 0. The molecule has 0 aliphatic carbocycles. The van der Waals surface area contributed by atoms with Crippen molar-refractivity contribution in [2.45, 2.75) is 90.9 Å². The Kier molecular flexibility index (Phi) is 27.6. The molecular formula is C16H35MoN2S2-. The first-order valence-electron chi connectivity index (χ1n) is 8.64. The minimum absolute atomic E-state index is 0. The summed E-state index contributed by atoms with van der Waals surface area (Å²) in [7, 11) is 3.32. The number of hydrogen-bond donors (Lipinski definition) is 1. The Morgan fingerprint density at radius 3 is 1.86 bits per heavy atom. The second kappa shape index (κ2) is 23.6. The molecule has 0 fully saturated rings. The quantitative estimate of drug-likeness (QED) is 0.121. The molecule has 128 valence electrons. The molecule has 0 radical (unpaired) electrons. The molecule has 0 unspecified atom stereocenters. The second-order valence-electron chi connectivity index (χ2n) is 5.44. The molecule has 0 bridgehead atoms. The SMILES string of the molecule is CCCCCCCC[N-]SSNCCCCCCCC.[Mo]. The van der Waals surface area contributed by atoms with Crippen molar-refractivity contribution in [3.05, 3.63) is 4.72 Å². The summed E-state index contributed by atoms with van der Waals surface area (Å²) in [6.45, 7) is 6.67. The third kappa shape index (κ3) is 23.7. The second-order valence-corrected chi connectivity index (χ2v) is 7.25. The standard InChI is InChI=1S/C16H35N2S2.Mo/c1-3-5-7-9-11-13-15-17-19-20-18-16-14-12-10-8-6-4-2;/h17H,3-16H2,1-2H3;/q-1;. The van der Waals surface area contributed by atoms with Gasteiger partial charge < -0.3 is 4.72 Å². The topological polar surface area (TPSA) is 26.1 Å². The fourth-order valence-corrected chi connectivity index (χ4v) is 3.39. The van der Waals surface area contributed by atoms with Crippen molar-refractivity contribution in [1.82, 2.24) is 4.72 Å². The zero-order valence-electron chi connectivity index (χ0n) is 14.1. The van der Waals surface area contributed by atoms with E-state index in [1.54, 1.807) is 22.0 Å². The monoisotopic (exact) mass is 417 g/mol. The Hall–Kier alpha value is 1.31. The Balaban J connectivity index is 0. The first kappa shape index (κ1) is 24.6.